The van der Waals surface area contributed by atoms with E-state index in [0.717, 1.165) is 22.6 Å². The molecule has 5 aromatic rings. The number of amides is 2. The van der Waals surface area contributed by atoms with E-state index in [4.69, 9.17) is 0 Å². The molecule has 2 unspecified atom stereocenters. The van der Waals surface area contributed by atoms with Crippen LogP contribution in [0, 0.1) is 11.6 Å². The topological polar surface area (TPSA) is 92.5 Å². The first kappa shape index (κ1) is 25.6. The summed E-state index contributed by atoms with van der Waals surface area (Å²) in [4.78, 5) is 35.8. The third-order valence-electron chi connectivity index (χ3n) is 7.57. The molecule has 3 aromatic heterocycles. The summed E-state index contributed by atoms with van der Waals surface area (Å²) < 4.78 is 45.6. The molecule has 2 aromatic carbocycles. The van der Waals surface area contributed by atoms with Crippen molar-refractivity contribution in [2.45, 2.75) is 25.1 Å². The molecule has 0 saturated carbocycles. The van der Waals surface area contributed by atoms with E-state index in [1.807, 2.05) is 0 Å². The van der Waals surface area contributed by atoms with Gasteiger partial charge >= 0.3 is 0 Å². The van der Waals surface area contributed by atoms with E-state index in [0.29, 0.717) is 23.2 Å². The molecule has 0 bridgehead atoms. The number of imidazole rings is 1. The Bertz CT molecular complexity index is 1880. The Kier molecular flexibility index (Phi) is 6.07. The van der Waals surface area contributed by atoms with Crippen LogP contribution in [0.25, 0.3) is 22.3 Å². The lowest BCUT2D eigenvalue weighted by molar-refractivity contribution is 0.0532. The molecule has 1 aliphatic heterocycles. The maximum atomic E-state index is 15.3. The largest absolute Gasteiger partial charge is 0.322 e. The van der Waals surface area contributed by atoms with Crippen molar-refractivity contribution in [3.05, 3.63) is 114 Å². The average molecular weight is 567 g/mol. The van der Waals surface area contributed by atoms with Crippen molar-refractivity contribution in [2.24, 2.45) is 0 Å². The summed E-state index contributed by atoms with van der Waals surface area (Å²) in [5.41, 5.74) is 2.83. The van der Waals surface area contributed by atoms with Crippen molar-refractivity contribution in [1.29, 1.82) is 0 Å². The summed E-state index contributed by atoms with van der Waals surface area (Å²) in [6.07, 6.45) is 5.37. The number of pyridine rings is 1. The van der Waals surface area contributed by atoms with E-state index < -0.39 is 35.7 Å². The fraction of sp³-hybridized carbons (Fsp3) is 0.129. The fourth-order valence-corrected chi connectivity index (χ4v) is 5.54. The van der Waals surface area contributed by atoms with Gasteiger partial charge in [-0.2, -0.15) is 9.61 Å². The van der Waals surface area contributed by atoms with E-state index in [2.05, 4.69) is 20.4 Å². The lowest BCUT2D eigenvalue weighted by Gasteiger charge is -2.31. The molecule has 11 heteroatoms. The molecular formula is C31H21F3N6O2. The first-order valence-corrected chi connectivity index (χ1v) is 13.2. The average Bonchev–Trinajstić information content (AvgIpc) is 3.51. The third-order valence-corrected chi connectivity index (χ3v) is 7.57. The number of alkyl halides is 1. The number of fused-ring (bicyclic) bond motifs is 2. The van der Waals surface area contributed by atoms with Gasteiger partial charge in [0.1, 0.15) is 17.8 Å². The van der Waals surface area contributed by atoms with E-state index >= 15 is 4.39 Å². The Morgan fingerprint density at radius 2 is 1.60 bits per heavy atom. The number of benzene rings is 2. The second-order valence-corrected chi connectivity index (χ2v) is 10.0. The highest BCUT2D eigenvalue weighted by atomic mass is 19.1. The molecule has 1 aliphatic carbocycles. The second-order valence-electron chi connectivity index (χ2n) is 10.0. The molecule has 42 heavy (non-hydrogen) atoms. The zero-order chi connectivity index (χ0) is 29.0. The summed E-state index contributed by atoms with van der Waals surface area (Å²) >= 11 is 0. The number of halogens is 3. The summed E-state index contributed by atoms with van der Waals surface area (Å²) in [6, 6.07) is 13.9. The van der Waals surface area contributed by atoms with Crippen LogP contribution in [-0.4, -0.2) is 48.5 Å². The van der Waals surface area contributed by atoms with Gasteiger partial charge in [0, 0.05) is 11.8 Å². The smallest absolute Gasteiger partial charge is 0.262 e. The van der Waals surface area contributed by atoms with Gasteiger partial charge in [0.05, 0.1) is 52.0 Å². The minimum absolute atomic E-state index is 0.0818. The number of carbonyl (C=O) groups is 2. The number of nitrogens with one attached hydrogen (secondary N) is 1. The first-order valence-electron chi connectivity index (χ1n) is 13.2. The lowest BCUT2D eigenvalue weighted by Crippen LogP contribution is -2.45. The van der Waals surface area contributed by atoms with Crippen LogP contribution in [-0.2, 0) is 0 Å². The Hall–Kier alpha value is -5.32. The molecule has 1 N–H and O–H groups in total. The third kappa shape index (κ3) is 4.12. The maximum Gasteiger partial charge on any atom is 0.262 e. The summed E-state index contributed by atoms with van der Waals surface area (Å²) in [5.74, 6) is -2.27. The minimum Gasteiger partial charge on any atom is -0.322 e. The monoisotopic (exact) mass is 566 g/mol. The molecule has 2 aliphatic rings. The maximum absolute atomic E-state index is 15.3. The standard InChI is InChI=1S/C31H21F3N6O2/c32-22-10-8-17(14-27(22)39-29(41)20-4-1-2-5-21(20)30(39)42)19-12-13-35-16-26(19)37-31-36-15-18-9-11-25(38-40(18)31)28-23(33)6-3-7-24(28)34/h1-7,9,11-16,22,27H,8,10H2,(H,36,37). The van der Waals surface area contributed by atoms with Gasteiger partial charge < -0.3 is 5.32 Å². The number of rotatable bonds is 5. The normalized spacial score (nSPS) is 18.4. The predicted molar refractivity (Wildman–Crippen MR) is 149 cm³/mol. The van der Waals surface area contributed by atoms with Gasteiger partial charge in [0.15, 0.2) is 0 Å². The number of aromatic nitrogens is 4. The van der Waals surface area contributed by atoms with Gasteiger partial charge in [0.25, 0.3) is 11.8 Å². The predicted octanol–water partition coefficient (Wildman–Crippen LogP) is 5.99. The van der Waals surface area contributed by atoms with E-state index in [1.54, 1.807) is 61.1 Å². The Morgan fingerprint density at radius 3 is 2.33 bits per heavy atom. The van der Waals surface area contributed by atoms with Crippen molar-refractivity contribution >= 4 is 34.5 Å². The molecule has 2 amide bonds. The van der Waals surface area contributed by atoms with Crippen LogP contribution in [0.2, 0.25) is 0 Å². The molecule has 8 nitrogen and oxygen atoms in total. The molecular weight excluding hydrogens is 545 g/mol. The fourth-order valence-electron chi connectivity index (χ4n) is 5.54. The Balaban J connectivity index is 1.24. The van der Waals surface area contributed by atoms with Crippen LogP contribution in [0.4, 0.5) is 24.8 Å². The van der Waals surface area contributed by atoms with Crippen molar-refractivity contribution < 1.29 is 22.8 Å². The van der Waals surface area contributed by atoms with E-state index in [1.165, 1.54) is 16.6 Å². The van der Waals surface area contributed by atoms with Crippen LogP contribution < -0.4 is 5.32 Å². The molecule has 2 atom stereocenters. The number of anilines is 2. The van der Waals surface area contributed by atoms with Crippen molar-refractivity contribution in [3.8, 4) is 11.3 Å². The van der Waals surface area contributed by atoms with Crippen LogP contribution >= 0.6 is 0 Å². The van der Waals surface area contributed by atoms with Gasteiger partial charge in [-0.25, -0.2) is 18.2 Å². The highest BCUT2D eigenvalue weighted by Crippen LogP contribution is 2.37. The Morgan fingerprint density at radius 1 is 0.857 bits per heavy atom. The highest BCUT2D eigenvalue weighted by molar-refractivity contribution is 6.21. The minimum atomic E-state index is -1.42. The molecule has 4 heterocycles. The van der Waals surface area contributed by atoms with E-state index in [9.17, 15) is 18.4 Å². The zero-order valence-corrected chi connectivity index (χ0v) is 21.8. The number of hydrogen-bond acceptors (Lipinski definition) is 6. The van der Waals surface area contributed by atoms with Crippen LogP contribution in [0.1, 0.15) is 39.1 Å². The second kappa shape index (κ2) is 9.95. The summed E-state index contributed by atoms with van der Waals surface area (Å²) in [6.45, 7) is 0. The SMILES string of the molecule is O=C1c2ccccc2C(=O)N1C1C=C(c2ccncc2Nc2ncc3ccc(-c4c(F)cccc4F)nn23)CCC1F. The molecule has 0 fully saturated rings. The van der Waals surface area contributed by atoms with Crippen molar-refractivity contribution in [2.75, 3.05) is 5.32 Å². The number of imide groups is 1. The summed E-state index contributed by atoms with van der Waals surface area (Å²) in [5, 5.41) is 7.61. The van der Waals surface area contributed by atoms with Gasteiger partial charge in [-0.3, -0.25) is 19.5 Å². The Labute approximate surface area is 237 Å². The lowest BCUT2D eigenvalue weighted by atomic mass is 9.88. The number of carbonyl (C=O) groups excluding carboxylic acids is 2. The number of nitrogens with zero attached hydrogens (tertiary/aromatic N) is 5. The van der Waals surface area contributed by atoms with Gasteiger partial charge in [-0.05, 0) is 60.9 Å². The molecule has 0 saturated heterocycles. The van der Waals surface area contributed by atoms with Gasteiger partial charge in [-0.15, -0.1) is 0 Å². The van der Waals surface area contributed by atoms with Crippen molar-refractivity contribution in [3.63, 3.8) is 0 Å². The zero-order valence-electron chi connectivity index (χ0n) is 21.8. The van der Waals surface area contributed by atoms with Crippen LogP contribution in [0.5, 0.6) is 0 Å². The van der Waals surface area contributed by atoms with Crippen LogP contribution in [0.15, 0.2) is 85.3 Å². The molecule has 0 radical (unpaired) electrons. The number of allylic oxidation sites excluding steroid dienone is 1. The van der Waals surface area contributed by atoms with E-state index in [-0.39, 0.29) is 34.8 Å². The molecule has 7 rings (SSSR count). The quantitative estimate of drug-likeness (QED) is 0.263. The highest BCUT2D eigenvalue weighted by Gasteiger charge is 2.43. The number of hydrogen-bond donors (Lipinski definition) is 1. The van der Waals surface area contributed by atoms with Gasteiger partial charge in [0.2, 0.25) is 5.95 Å². The molecule has 208 valence electrons. The first-order chi connectivity index (χ1) is 20.4. The van der Waals surface area contributed by atoms with Crippen molar-refractivity contribution in [1.82, 2.24) is 24.5 Å². The van der Waals surface area contributed by atoms with Gasteiger partial charge in [-0.1, -0.05) is 24.3 Å². The summed E-state index contributed by atoms with van der Waals surface area (Å²) in [7, 11) is 0. The van der Waals surface area contributed by atoms with Crippen LogP contribution in [0.3, 0.4) is 0 Å². The molecule has 0 spiro atoms.